The van der Waals surface area contributed by atoms with Crippen molar-refractivity contribution in [2.75, 3.05) is 26.2 Å². The number of piperazine rings is 1. The van der Waals surface area contributed by atoms with E-state index in [9.17, 15) is 23.2 Å². The van der Waals surface area contributed by atoms with Crippen LogP contribution in [0.5, 0.6) is 5.75 Å². The van der Waals surface area contributed by atoms with Crippen LogP contribution in [0, 0.1) is 11.6 Å². The molecule has 3 aliphatic heterocycles. The zero-order chi connectivity index (χ0) is 23.2. The fourth-order valence-electron chi connectivity index (χ4n) is 4.66. The number of hydrogen-bond donors (Lipinski definition) is 2. The monoisotopic (exact) mass is 456 g/mol. The Hall–Kier alpha value is -3.53. The highest BCUT2D eigenvalue weighted by Crippen LogP contribution is 2.42. The van der Waals surface area contributed by atoms with E-state index in [0.717, 1.165) is 11.6 Å². The van der Waals surface area contributed by atoms with Crippen molar-refractivity contribution in [1.29, 1.82) is 0 Å². The number of urea groups is 1. The lowest BCUT2D eigenvalue weighted by atomic mass is 9.81. The minimum atomic E-state index is -1.56. The van der Waals surface area contributed by atoms with Crippen LogP contribution in [-0.2, 0) is 21.7 Å². The summed E-state index contributed by atoms with van der Waals surface area (Å²) < 4.78 is 32.9. The Bertz CT molecular complexity index is 1120. The SMILES string of the molecule is O=C1NC(=O)[C@@]2(C[C@@H](C(=O)N3CCN(Cc4ccc(F)cc4)CC3)Oc3ccc(F)cc32)N1. The van der Waals surface area contributed by atoms with Crippen molar-refractivity contribution in [3.8, 4) is 5.75 Å². The number of ether oxygens (including phenoxy) is 1. The van der Waals surface area contributed by atoms with Gasteiger partial charge in [-0.1, -0.05) is 12.1 Å². The molecule has 2 fully saturated rings. The van der Waals surface area contributed by atoms with Crippen molar-refractivity contribution in [2.45, 2.75) is 24.6 Å². The van der Waals surface area contributed by atoms with E-state index >= 15 is 0 Å². The third kappa shape index (κ3) is 3.91. The van der Waals surface area contributed by atoms with Crippen LogP contribution in [0.15, 0.2) is 42.5 Å². The van der Waals surface area contributed by atoms with Gasteiger partial charge < -0.3 is 15.0 Å². The van der Waals surface area contributed by atoms with Crippen LogP contribution >= 0.6 is 0 Å². The number of halogens is 2. The average molecular weight is 456 g/mol. The molecule has 8 nitrogen and oxygen atoms in total. The van der Waals surface area contributed by atoms with Crippen molar-refractivity contribution in [3.05, 3.63) is 65.2 Å². The molecule has 5 rings (SSSR count). The van der Waals surface area contributed by atoms with E-state index in [1.54, 1.807) is 17.0 Å². The van der Waals surface area contributed by atoms with Crippen LogP contribution < -0.4 is 15.4 Å². The molecule has 2 saturated heterocycles. The van der Waals surface area contributed by atoms with Gasteiger partial charge in [0, 0.05) is 44.7 Å². The normalized spacial score (nSPS) is 24.8. The van der Waals surface area contributed by atoms with Gasteiger partial charge in [-0.3, -0.25) is 19.8 Å². The molecular formula is C23H22F2N4O4. The van der Waals surface area contributed by atoms with Gasteiger partial charge in [0.2, 0.25) is 0 Å². The molecule has 2 aromatic carbocycles. The molecule has 1 spiro atoms. The number of rotatable bonds is 3. The maximum absolute atomic E-state index is 13.9. The molecule has 4 amide bonds. The first-order chi connectivity index (χ1) is 15.8. The van der Waals surface area contributed by atoms with Crippen molar-refractivity contribution in [2.24, 2.45) is 0 Å². The zero-order valence-corrected chi connectivity index (χ0v) is 17.6. The second-order valence-electron chi connectivity index (χ2n) is 8.49. The van der Waals surface area contributed by atoms with Gasteiger partial charge in [0.05, 0.1) is 0 Å². The number of carbonyl (C=O) groups excluding carboxylic acids is 3. The van der Waals surface area contributed by atoms with Crippen LogP contribution in [0.3, 0.4) is 0 Å². The fraction of sp³-hybridized carbons (Fsp3) is 0.348. The Kier molecular flexibility index (Phi) is 5.24. The first kappa shape index (κ1) is 21.3. The predicted molar refractivity (Wildman–Crippen MR) is 112 cm³/mol. The quantitative estimate of drug-likeness (QED) is 0.684. The maximum atomic E-state index is 13.9. The Labute approximate surface area is 188 Å². The maximum Gasteiger partial charge on any atom is 0.322 e. The third-order valence-corrected chi connectivity index (χ3v) is 6.38. The van der Waals surface area contributed by atoms with Crippen LogP contribution in [-0.4, -0.2) is 59.9 Å². The lowest BCUT2D eigenvalue weighted by Crippen LogP contribution is -2.57. The summed E-state index contributed by atoms with van der Waals surface area (Å²) in [5.74, 6) is -1.60. The van der Waals surface area contributed by atoms with Gasteiger partial charge in [0.15, 0.2) is 11.6 Å². The van der Waals surface area contributed by atoms with Gasteiger partial charge in [-0.15, -0.1) is 0 Å². The van der Waals surface area contributed by atoms with Crippen molar-refractivity contribution >= 4 is 17.8 Å². The van der Waals surface area contributed by atoms with Crippen LogP contribution in [0.1, 0.15) is 17.5 Å². The Morgan fingerprint density at radius 1 is 1.03 bits per heavy atom. The molecule has 2 N–H and O–H groups in total. The fourth-order valence-corrected chi connectivity index (χ4v) is 4.66. The molecule has 2 aromatic rings. The van der Waals surface area contributed by atoms with E-state index in [0.29, 0.717) is 32.7 Å². The van der Waals surface area contributed by atoms with E-state index < -0.39 is 29.4 Å². The van der Waals surface area contributed by atoms with Crippen molar-refractivity contribution in [3.63, 3.8) is 0 Å². The van der Waals surface area contributed by atoms with Crippen molar-refractivity contribution < 1.29 is 27.9 Å². The zero-order valence-electron chi connectivity index (χ0n) is 17.6. The molecule has 2 atom stereocenters. The summed E-state index contributed by atoms with van der Waals surface area (Å²) in [7, 11) is 0. The Morgan fingerprint density at radius 3 is 2.39 bits per heavy atom. The van der Waals surface area contributed by atoms with Gasteiger partial charge >= 0.3 is 6.03 Å². The molecule has 172 valence electrons. The molecule has 3 aliphatic rings. The van der Waals surface area contributed by atoms with E-state index in [-0.39, 0.29) is 29.5 Å². The molecule has 0 saturated carbocycles. The number of carbonyl (C=O) groups is 3. The second kappa shape index (κ2) is 8.11. The number of fused-ring (bicyclic) bond motifs is 2. The predicted octanol–water partition coefficient (Wildman–Crippen LogP) is 1.49. The molecule has 33 heavy (non-hydrogen) atoms. The number of nitrogens with one attached hydrogen (secondary N) is 2. The van der Waals surface area contributed by atoms with Gasteiger partial charge in [-0.05, 0) is 35.9 Å². The smallest absolute Gasteiger partial charge is 0.322 e. The molecule has 0 radical (unpaired) electrons. The highest BCUT2D eigenvalue weighted by Gasteiger charge is 2.55. The largest absolute Gasteiger partial charge is 0.480 e. The van der Waals surface area contributed by atoms with Gasteiger partial charge in [-0.2, -0.15) is 0 Å². The van der Waals surface area contributed by atoms with Gasteiger partial charge in [-0.25, -0.2) is 13.6 Å². The first-order valence-corrected chi connectivity index (χ1v) is 10.7. The Morgan fingerprint density at radius 2 is 1.73 bits per heavy atom. The Balaban J connectivity index is 1.29. The minimum Gasteiger partial charge on any atom is -0.480 e. The molecule has 0 aromatic heterocycles. The number of benzene rings is 2. The highest BCUT2D eigenvalue weighted by atomic mass is 19.1. The summed E-state index contributed by atoms with van der Waals surface area (Å²) in [6.07, 6.45) is -1.13. The average Bonchev–Trinajstić information content (AvgIpc) is 3.08. The van der Waals surface area contributed by atoms with Crippen molar-refractivity contribution in [1.82, 2.24) is 20.4 Å². The van der Waals surface area contributed by atoms with E-state index in [1.807, 2.05) is 0 Å². The topological polar surface area (TPSA) is 91.0 Å². The lowest BCUT2D eigenvalue weighted by Gasteiger charge is -2.40. The first-order valence-electron chi connectivity index (χ1n) is 10.7. The summed E-state index contributed by atoms with van der Waals surface area (Å²) in [4.78, 5) is 41.7. The van der Waals surface area contributed by atoms with Gasteiger partial charge in [0.1, 0.15) is 17.4 Å². The molecule has 10 heteroatoms. The van der Waals surface area contributed by atoms with E-state index in [2.05, 4.69) is 15.5 Å². The third-order valence-electron chi connectivity index (χ3n) is 6.38. The number of nitrogens with zero attached hydrogens (tertiary/aromatic N) is 2. The molecule has 3 heterocycles. The molecular weight excluding hydrogens is 434 g/mol. The van der Waals surface area contributed by atoms with Crippen LogP contribution in [0.4, 0.5) is 13.6 Å². The standard InChI is InChI=1S/C23H22F2N4O4/c24-15-3-1-14(2-4-15)13-28-7-9-29(10-8-28)20(30)19-12-23(21(31)26-22(32)27-23)17-11-16(25)5-6-18(17)33-19/h1-6,11,19H,7-10,12-13H2,(H2,26,27,31,32)/t19-,23-/m0/s1. The molecule has 0 bridgehead atoms. The minimum absolute atomic E-state index is 0.129. The summed E-state index contributed by atoms with van der Waals surface area (Å²) in [5.41, 5.74) is -0.378. The van der Waals surface area contributed by atoms with Gasteiger partial charge in [0.25, 0.3) is 11.8 Å². The number of hydrogen-bond acceptors (Lipinski definition) is 5. The summed E-state index contributed by atoms with van der Waals surface area (Å²) >= 11 is 0. The summed E-state index contributed by atoms with van der Waals surface area (Å²) in [6.45, 7) is 2.82. The number of imide groups is 1. The van der Waals surface area contributed by atoms with Crippen LogP contribution in [0.2, 0.25) is 0 Å². The molecule has 0 unspecified atom stereocenters. The molecule has 0 aliphatic carbocycles. The summed E-state index contributed by atoms with van der Waals surface area (Å²) in [5, 5.41) is 4.76. The number of amides is 4. The van der Waals surface area contributed by atoms with E-state index in [1.165, 1.54) is 24.3 Å². The van der Waals surface area contributed by atoms with E-state index in [4.69, 9.17) is 4.74 Å². The second-order valence-corrected chi connectivity index (χ2v) is 8.49. The summed E-state index contributed by atoms with van der Waals surface area (Å²) in [6, 6.07) is 9.33. The highest BCUT2D eigenvalue weighted by molar-refractivity contribution is 6.08. The lowest BCUT2D eigenvalue weighted by molar-refractivity contribution is -0.143. The van der Waals surface area contributed by atoms with Crippen LogP contribution in [0.25, 0.3) is 0 Å².